The Morgan fingerprint density at radius 2 is 1.84 bits per heavy atom. The molecule has 3 nitrogen and oxygen atoms in total. The van der Waals surface area contributed by atoms with Gasteiger partial charge in [0.05, 0.1) is 6.10 Å². The third-order valence-corrected chi connectivity index (χ3v) is 5.64. The van der Waals surface area contributed by atoms with Crippen molar-refractivity contribution >= 4 is 18.1 Å². The lowest BCUT2D eigenvalue weighted by molar-refractivity contribution is -0.274. The number of nitrogens with one attached hydrogen (secondary N) is 1. The second-order valence-electron chi connectivity index (χ2n) is 7.11. The molecule has 0 unspecified atom stereocenters. The maximum atomic E-state index is 12.5. The fraction of sp³-hybridized carbons (Fsp3) is 0.667. The van der Waals surface area contributed by atoms with E-state index in [1.807, 2.05) is 0 Å². The summed E-state index contributed by atoms with van der Waals surface area (Å²) in [6.45, 7) is 0.671. The van der Waals surface area contributed by atoms with Crippen LogP contribution >= 0.6 is 12.4 Å². The molecule has 1 aliphatic carbocycles. The first kappa shape index (κ1) is 18.6. The molecule has 3 aliphatic rings. The molecule has 1 N–H and O–H groups in total. The van der Waals surface area contributed by atoms with Crippen molar-refractivity contribution in [2.24, 2.45) is 11.8 Å². The van der Waals surface area contributed by atoms with Crippen molar-refractivity contribution in [1.82, 2.24) is 0 Å². The molecule has 0 bridgehead atoms. The normalized spacial score (nSPS) is 29.2. The molecule has 1 aromatic carbocycles. The summed E-state index contributed by atoms with van der Waals surface area (Å²) in [6.07, 6.45) is 2.47. The van der Waals surface area contributed by atoms with Crippen molar-refractivity contribution in [3.63, 3.8) is 0 Å². The monoisotopic (exact) mass is 377 g/mol. The molecule has 0 radical (unpaired) electrons. The second-order valence-corrected chi connectivity index (χ2v) is 7.11. The molecule has 0 spiro atoms. The first-order chi connectivity index (χ1) is 11.5. The predicted octanol–water partition coefficient (Wildman–Crippen LogP) is 5.46. The van der Waals surface area contributed by atoms with E-state index in [9.17, 15) is 13.2 Å². The molecule has 2 heterocycles. The van der Waals surface area contributed by atoms with E-state index in [0.29, 0.717) is 24.5 Å². The van der Waals surface area contributed by atoms with E-state index in [2.05, 4.69) is 10.1 Å². The molecule has 0 aromatic heterocycles. The molecule has 0 amide bonds. The van der Waals surface area contributed by atoms with Gasteiger partial charge in [0.2, 0.25) is 0 Å². The van der Waals surface area contributed by atoms with E-state index < -0.39 is 6.36 Å². The molecular weight excluding hydrogens is 355 g/mol. The summed E-state index contributed by atoms with van der Waals surface area (Å²) in [7, 11) is 0. The summed E-state index contributed by atoms with van der Waals surface area (Å²) in [5.41, 5.74) is 1.69. The van der Waals surface area contributed by atoms with E-state index in [-0.39, 0.29) is 24.3 Å². The fourth-order valence-corrected chi connectivity index (χ4v) is 4.65. The van der Waals surface area contributed by atoms with Crippen molar-refractivity contribution in [3.8, 4) is 5.75 Å². The molecule has 140 valence electrons. The van der Waals surface area contributed by atoms with Crippen LogP contribution in [0.25, 0.3) is 0 Å². The van der Waals surface area contributed by atoms with E-state index in [0.717, 1.165) is 17.7 Å². The van der Waals surface area contributed by atoms with Crippen LogP contribution in [0.2, 0.25) is 0 Å². The van der Waals surface area contributed by atoms with Gasteiger partial charge in [-0.1, -0.05) is 19.3 Å². The van der Waals surface area contributed by atoms with E-state index in [4.69, 9.17) is 4.74 Å². The highest BCUT2D eigenvalue weighted by Gasteiger charge is 2.44. The van der Waals surface area contributed by atoms with Crippen LogP contribution in [0.3, 0.4) is 0 Å². The average Bonchev–Trinajstić information content (AvgIpc) is 3.03. The van der Waals surface area contributed by atoms with Gasteiger partial charge >= 0.3 is 6.36 Å². The summed E-state index contributed by atoms with van der Waals surface area (Å²) in [6, 6.07) is 4.92. The topological polar surface area (TPSA) is 30.5 Å². The average molecular weight is 378 g/mol. The van der Waals surface area contributed by atoms with Crippen molar-refractivity contribution < 1.29 is 22.6 Å². The van der Waals surface area contributed by atoms with Crippen LogP contribution in [0.4, 0.5) is 18.9 Å². The zero-order valence-corrected chi connectivity index (χ0v) is 14.7. The Morgan fingerprint density at radius 1 is 1.08 bits per heavy atom. The number of hydrogen-bond acceptors (Lipinski definition) is 3. The minimum absolute atomic E-state index is 0. The number of hydrogen-bond donors (Lipinski definition) is 1. The molecule has 25 heavy (non-hydrogen) atoms. The Morgan fingerprint density at radius 3 is 2.56 bits per heavy atom. The Balaban J connectivity index is 0.00000182. The third kappa shape index (κ3) is 3.85. The fourth-order valence-electron chi connectivity index (χ4n) is 4.65. The Kier molecular flexibility index (Phi) is 5.40. The molecule has 1 saturated carbocycles. The van der Waals surface area contributed by atoms with Gasteiger partial charge in [-0.25, -0.2) is 0 Å². The van der Waals surface area contributed by atoms with Crippen molar-refractivity contribution in [1.29, 1.82) is 0 Å². The highest BCUT2D eigenvalue weighted by atomic mass is 35.5. The molecule has 1 aromatic rings. The van der Waals surface area contributed by atoms with Crippen LogP contribution in [-0.4, -0.2) is 19.0 Å². The van der Waals surface area contributed by atoms with Gasteiger partial charge < -0.3 is 14.8 Å². The molecule has 2 fully saturated rings. The summed E-state index contributed by atoms with van der Waals surface area (Å²) in [5.74, 6) is 0.794. The number of rotatable bonds is 2. The van der Waals surface area contributed by atoms with E-state index in [1.165, 1.54) is 44.2 Å². The number of fused-ring (bicyclic) bond motifs is 3. The summed E-state index contributed by atoms with van der Waals surface area (Å²) >= 11 is 0. The summed E-state index contributed by atoms with van der Waals surface area (Å²) in [4.78, 5) is 0. The van der Waals surface area contributed by atoms with Crippen LogP contribution in [0.15, 0.2) is 18.2 Å². The largest absolute Gasteiger partial charge is 0.573 e. The minimum Gasteiger partial charge on any atom is -0.406 e. The molecule has 7 heteroatoms. The van der Waals surface area contributed by atoms with Gasteiger partial charge in [0, 0.05) is 29.8 Å². The first-order valence-electron chi connectivity index (χ1n) is 8.79. The third-order valence-electron chi connectivity index (χ3n) is 5.64. The van der Waals surface area contributed by atoms with Gasteiger partial charge in [-0.15, -0.1) is 25.6 Å². The first-order valence-corrected chi connectivity index (χ1v) is 8.79. The minimum atomic E-state index is -4.67. The van der Waals surface area contributed by atoms with Crippen molar-refractivity contribution in [3.05, 3.63) is 23.8 Å². The van der Waals surface area contributed by atoms with Crippen LogP contribution < -0.4 is 10.1 Å². The molecular formula is C18H23ClF3NO2. The maximum Gasteiger partial charge on any atom is 0.573 e. The number of benzene rings is 1. The molecule has 2 aliphatic heterocycles. The maximum absolute atomic E-state index is 12.5. The van der Waals surface area contributed by atoms with Crippen molar-refractivity contribution in [2.45, 2.75) is 57.0 Å². The van der Waals surface area contributed by atoms with Gasteiger partial charge in [0.15, 0.2) is 0 Å². The Bertz CT molecular complexity index is 604. The highest BCUT2D eigenvalue weighted by molar-refractivity contribution is 5.85. The van der Waals surface area contributed by atoms with Gasteiger partial charge in [-0.05, 0) is 43.4 Å². The van der Waals surface area contributed by atoms with E-state index >= 15 is 0 Å². The van der Waals surface area contributed by atoms with Gasteiger partial charge in [-0.3, -0.25) is 0 Å². The number of ether oxygens (including phenoxy) is 2. The zero-order valence-electron chi connectivity index (χ0n) is 13.8. The number of alkyl halides is 3. The second kappa shape index (κ2) is 7.23. The Hall–Kier alpha value is -1.14. The van der Waals surface area contributed by atoms with Crippen LogP contribution in [-0.2, 0) is 4.74 Å². The predicted molar refractivity (Wildman–Crippen MR) is 91.2 cm³/mol. The lowest BCUT2D eigenvalue weighted by Crippen LogP contribution is -2.42. The SMILES string of the molecule is Cl.FC(F)(F)Oc1ccc2c(c1)[C@H]1OCC[C@H]1[C@@H](C1CCCCC1)N2. The highest BCUT2D eigenvalue weighted by Crippen LogP contribution is 2.49. The number of halogens is 4. The van der Waals surface area contributed by atoms with Crippen LogP contribution in [0.1, 0.15) is 50.2 Å². The van der Waals surface area contributed by atoms with Crippen LogP contribution in [0, 0.1) is 11.8 Å². The van der Waals surface area contributed by atoms with Gasteiger partial charge in [-0.2, -0.15) is 0 Å². The lowest BCUT2D eigenvalue weighted by atomic mass is 9.73. The Labute approximate surface area is 151 Å². The van der Waals surface area contributed by atoms with Gasteiger partial charge in [0.1, 0.15) is 5.75 Å². The quantitative estimate of drug-likeness (QED) is 0.742. The van der Waals surface area contributed by atoms with Gasteiger partial charge in [0.25, 0.3) is 0 Å². The standard InChI is InChI=1S/C18H22F3NO2.ClH/c19-18(20,21)24-12-6-7-15-14(10-12)17-13(8-9-23-17)16(22-15)11-4-2-1-3-5-11;/h6-7,10-11,13,16-17,22H,1-5,8-9H2;1H/t13-,16+,17-;/m0./s1. The number of anilines is 1. The van der Waals surface area contributed by atoms with Crippen LogP contribution in [0.5, 0.6) is 5.75 Å². The van der Waals surface area contributed by atoms with E-state index in [1.54, 1.807) is 6.07 Å². The molecule has 1 saturated heterocycles. The lowest BCUT2D eigenvalue weighted by Gasteiger charge is -2.42. The molecule has 4 rings (SSSR count). The molecule has 3 atom stereocenters. The summed E-state index contributed by atoms with van der Waals surface area (Å²) in [5, 5.41) is 3.61. The zero-order chi connectivity index (χ0) is 16.7. The van der Waals surface area contributed by atoms with Crippen molar-refractivity contribution in [2.75, 3.05) is 11.9 Å². The smallest absolute Gasteiger partial charge is 0.406 e. The summed E-state index contributed by atoms with van der Waals surface area (Å²) < 4.78 is 47.4.